The highest BCUT2D eigenvalue weighted by molar-refractivity contribution is 6.07. The zero-order chi connectivity index (χ0) is 27.6. The van der Waals surface area contributed by atoms with Crippen LogP contribution < -0.4 is 21.3 Å². The van der Waals surface area contributed by atoms with Gasteiger partial charge in [-0.1, -0.05) is 30.3 Å². The van der Waals surface area contributed by atoms with E-state index in [1.165, 1.54) is 10.6 Å². The molecule has 0 fully saturated rings. The lowest BCUT2D eigenvalue weighted by Crippen LogP contribution is -2.46. The topological polar surface area (TPSA) is 89.2 Å². The van der Waals surface area contributed by atoms with E-state index in [1.807, 2.05) is 83.1 Å². The van der Waals surface area contributed by atoms with Gasteiger partial charge in [0.15, 0.2) is 5.82 Å². The molecule has 196 valence electrons. The molecule has 8 nitrogen and oxygen atoms in total. The van der Waals surface area contributed by atoms with E-state index in [1.54, 1.807) is 35.0 Å². The van der Waals surface area contributed by atoms with Crippen molar-refractivity contribution in [2.45, 2.75) is 46.7 Å². The maximum absolute atomic E-state index is 13.6. The van der Waals surface area contributed by atoms with Crippen LogP contribution in [0.2, 0.25) is 0 Å². The summed E-state index contributed by atoms with van der Waals surface area (Å²) in [5.41, 5.74) is 3.07. The van der Waals surface area contributed by atoms with Crippen molar-refractivity contribution in [3.8, 4) is 11.3 Å². The van der Waals surface area contributed by atoms with Crippen molar-refractivity contribution >= 4 is 23.1 Å². The van der Waals surface area contributed by atoms with E-state index in [4.69, 9.17) is 0 Å². The predicted molar refractivity (Wildman–Crippen MR) is 152 cm³/mol. The number of amides is 1. The van der Waals surface area contributed by atoms with Gasteiger partial charge >= 0.3 is 0 Å². The molecule has 1 amide bonds. The minimum absolute atomic E-state index is 0.101. The average Bonchev–Trinajstić information content (AvgIpc) is 2.87. The van der Waals surface area contributed by atoms with Gasteiger partial charge in [0, 0.05) is 60.1 Å². The van der Waals surface area contributed by atoms with Gasteiger partial charge < -0.3 is 19.4 Å². The summed E-state index contributed by atoms with van der Waals surface area (Å²) >= 11 is 0. The third kappa shape index (κ3) is 5.29. The molecule has 0 aliphatic carbocycles. The summed E-state index contributed by atoms with van der Waals surface area (Å²) in [6.45, 7) is 10.4. The van der Waals surface area contributed by atoms with E-state index in [0.717, 1.165) is 16.8 Å². The SMILES string of the molecule is CCn1ccc(Nc2nc(-c3cccc(N(C(=O)c4ccccc4)C(C)(C)C)c3C)cn(C)c2=O)cc1=O. The first kappa shape index (κ1) is 26.6. The Morgan fingerprint density at radius 3 is 2.37 bits per heavy atom. The fourth-order valence-electron chi connectivity index (χ4n) is 4.43. The van der Waals surface area contributed by atoms with Crippen molar-refractivity contribution in [3.63, 3.8) is 0 Å². The summed E-state index contributed by atoms with van der Waals surface area (Å²) in [5, 5.41) is 3.01. The lowest BCUT2D eigenvalue weighted by molar-refractivity contribution is 0.0965. The first-order chi connectivity index (χ1) is 18.0. The van der Waals surface area contributed by atoms with Crippen molar-refractivity contribution < 1.29 is 4.79 Å². The van der Waals surface area contributed by atoms with Crippen LogP contribution >= 0.6 is 0 Å². The highest BCUT2D eigenvalue weighted by atomic mass is 16.2. The van der Waals surface area contributed by atoms with Gasteiger partial charge in [0.1, 0.15) is 0 Å². The summed E-state index contributed by atoms with van der Waals surface area (Å²) in [4.78, 5) is 45.3. The molecule has 0 aliphatic heterocycles. The number of hydrogen-bond acceptors (Lipinski definition) is 5. The standard InChI is InChI=1S/C30H33N5O3/c1-7-34-17-16-22(18-26(34)36)31-27-29(38)33(6)19-24(32-27)23-14-11-15-25(20(23)2)35(30(3,4)5)28(37)21-12-9-8-10-13-21/h8-19H,7H2,1-6H3,(H,31,32). The maximum atomic E-state index is 13.6. The smallest absolute Gasteiger partial charge is 0.293 e. The van der Waals surface area contributed by atoms with Crippen molar-refractivity contribution in [1.29, 1.82) is 0 Å². The maximum Gasteiger partial charge on any atom is 0.293 e. The highest BCUT2D eigenvalue weighted by Crippen LogP contribution is 2.34. The Morgan fingerprint density at radius 1 is 1.03 bits per heavy atom. The van der Waals surface area contributed by atoms with Crippen LogP contribution in [0.15, 0.2) is 82.6 Å². The molecule has 0 radical (unpaired) electrons. The van der Waals surface area contributed by atoms with Gasteiger partial charge in [-0.3, -0.25) is 14.4 Å². The predicted octanol–water partition coefficient (Wildman–Crippen LogP) is 5.13. The number of aromatic nitrogens is 3. The summed E-state index contributed by atoms with van der Waals surface area (Å²) in [7, 11) is 1.66. The Morgan fingerprint density at radius 2 is 1.74 bits per heavy atom. The van der Waals surface area contributed by atoms with Crippen LogP contribution in [-0.4, -0.2) is 25.6 Å². The number of benzene rings is 2. The average molecular weight is 512 g/mol. The molecule has 2 aromatic heterocycles. The van der Waals surface area contributed by atoms with Gasteiger partial charge in [-0.2, -0.15) is 0 Å². The number of aryl methyl sites for hydroxylation is 2. The number of carbonyl (C=O) groups excluding carboxylic acids is 1. The number of rotatable bonds is 6. The van der Waals surface area contributed by atoms with Crippen molar-refractivity contribution in [2.24, 2.45) is 7.05 Å². The van der Waals surface area contributed by atoms with Crippen LogP contribution in [0.25, 0.3) is 11.3 Å². The second kappa shape index (κ2) is 10.5. The molecule has 4 rings (SSSR count). The third-order valence-corrected chi connectivity index (χ3v) is 6.39. The summed E-state index contributed by atoms with van der Waals surface area (Å²) in [6, 6.07) is 18.1. The number of nitrogens with zero attached hydrogens (tertiary/aromatic N) is 4. The van der Waals surface area contributed by atoms with Gasteiger partial charge in [-0.05, 0) is 64.4 Å². The molecule has 0 bridgehead atoms. The number of anilines is 3. The van der Waals surface area contributed by atoms with Crippen LogP contribution in [0.5, 0.6) is 0 Å². The second-order valence-corrected chi connectivity index (χ2v) is 10.2. The lowest BCUT2D eigenvalue weighted by Gasteiger charge is -2.37. The van der Waals surface area contributed by atoms with E-state index >= 15 is 0 Å². The quantitative estimate of drug-likeness (QED) is 0.388. The monoisotopic (exact) mass is 511 g/mol. The number of carbonyl (C=O) groups is 1. The molecule has 8 heteroatoms. The Balaban J connectivity index is 1.80. The van der Waals surface area contributed by atoms with Crippen LogP contribution in [0.3, 0.4) is 0 Å². The van der Waals surface area contributed by atoms with E-state index in [2.05, 4.69) is 10.3 Å². The molecule has 1 N–H and O–H groups in total. The Hall–Kier alpha value is -4.46. The first-order valence-electron chi connectivity index (χ1n) is 12.6. The zero-order valence-electron chi connectivity index (χ0n) is 22.6. The number of hydrogen-bond donors (Lipinski definition) is 1. The van der Waals surface area contributed by atoms with E-state index < -0.39 is 5.54 Å². The summed E-state index contributed by atoms with van der Waals surface area (Å²) in [5.74, 6) is 0.00688. The summed E-state index contributed by atoms with van der Waals surface area (Å²) < 4.78 is 3.03. The molecule has 0 unspecified atom stereocenters. The third-order valence-electron chi connectivity index (χ3n) is 6.39. The van der Waals surface area contributed by atoms with Crippen molar-refractivity contribution in [2.75, 3.05) is 10.2 Å². The molecule has 4 aromatic rings. The second-order valence-electron chi connectivity index (χ2n) is 10.2. The molecule has 2 aromatic carbocycles. The fraction of sp³-hybridized carbons (Fsp3) is 0.267. The Bertz CT molecular complexity index is 1600. The molecule has 2 heterocycles. The highest BCUT2D eigenvalue weighted by Gasteiger charge is 2.30. The Labute approximate surface area is 222 Å². The van der Waals surface area contributed by atoms with Gasteiger partial charge in [-0.25, -0.2) is 4.98 Å². The fourth-order valence-corrected chi connectivity index (χ4v) is 4.43. The molecular weight excluding hydrogens is 478 g/mol. The minimum atomic E-state index is -0.501. The van der Waals surface area contributed by atoms with Crippen molar-refractivity contribution in [1.82, 2.24) is 14.1 Å². The largest absolute Gasteiger partial charge is 0.335 e. The minimum Gasteiger partial charge on any atom is -0.335 e. The van der Waals surface area contributed by atoms with Crippen molar-refractivity contribution in [3.05, 3.63) is 105 Å². The van der Waals surface area contributed by atoms with Gasteiger partial charge in [-0.15, -0.1) is 0 Å². The molecule has 0 aliphatic rings. The molecule has 38 heavy (non-hydrogen) atoms. The van der Waals surface area contributed by atoms with E-state index in [9.17, 15) is 14.4 Å². The molecule has 0 atom stereocenters. The van der Waals surface area contributed by atoms with E-state index in [-0.39, 0.29) is 22.8 Å². The molecule has 0 saturated carbocycles. The van der Waals surface area contributed by atoms with E-state index in [0.29, 0.717) is 23.5 Å². The molecular formula is C30H33N5O3. The van der Waals surface area contributed by atoms with Crippen LogP contribution in [0, 0.1) is 6.92 Å². The number of pyridine rings is 1. The molecule has 0 spiro atoms. The van der Waals surface area contributed by atoms with Crippen LogP contribution in [0.4, 0.5) is 17.2 Å². The normalized spacial score (nSPS) is 11.3. The van der Waals surface area contributed by atoms with Gasteiger partial charge in [0.05, 0.1) is 5.69 Å². The molecule has 0 saturated heterocycles. The zero-order valence-corrected chi connectivity index (χ0v) is 22.6. The number of nitrogens with one attached hydrogen (secondary N) is 1. The van der Waals surface area contributed by atoms with Crippen LogP contribution in [0.1, 0.15) is 43.6 Å². The van der Waals surface area contributed by atoms with Gasteiger partial charge in [0.25, 0.3) is 17.0 Å². The first-order valence-corrected chi connectivity index (χ1v) is 12.6. The Kier molecular flexibility index (Phi) is 7.35. The lowest BCUT2D eigenvalue weighted by atomic mass is 9.97. The van der Waals surface area contributed by atoms with Gasteiger partial charge in [0.2, 0.25) is 0 Å². The van der Waals surface area contributed by atoms with Crippen LogP contribution in [-0.2, 0) is 13.6 Å². The summed E-state index contributed by atoms with van der Waals surface area (Å²) in [6.07, 6.45) is 3.35.